The Balaban J connectivity index is 2.08. The number of unbranched alkanes of at least 4 members (excludes halogenated alkanes) is 2. The van der Waals surface area contributed by atoms with E-state index in [9.17, 15) is 47.0 Å². The number of alkyl halides is 3. The summed E-state index contributed by atoms with van der Waals surface area (Å²) in [6, 6.07) is 10.3. The maximum Gasteiger partial charge on any atom is 0.453 e. The molecule has 16 nitrogen and oxygen atoms in total. The third-order valence-electron chi connectivity index (χ3n) is 8.41. The number of aliphatic hydroxyl groups excluding tert-OH is 1. The predicted octanol–water partition coefficient (Wildman–Crippen LogP) is -0.444. The first-order valence-corrected chi connectivity index (χ1v) is 17.9. The normalized spacial score (nSPS) is 14.7. The SMILES string of the molecule is CCCCc1ccc(-c2ccc(C(=O)N[C@@H](CCN)C(=O)N[C@H](C(=O)N[C@@H](N)C(=O)NC(CCCCN)C(=O)N[C@@H](N)C(=O)C(F)(F)F)[C@@H](C)O)cc2)cc1. The Morgan fingerprint density at radius 2 is 1.22 bits per heavy atom. The zero-order chi connectivity index (χ0) is 41.3. The number of benzene rings is 2. The highest BCUT2D eigenvalue weighted by molar-refractivity contribution is 5.99. The Morgan fingerprint density at radius 1 is 0.673 bits per heavy atom. The summed E-state index contributed by atoms with van der Waals surface area (Å²) in [5.41, 5.74) is 25.4. The van der Waals surface area contributed by atoms with Crippen LogP contribution in [0.25, 0.3) is 11.1 Å². The maximum atomic E-state index is 13.3. The molecule has 2 rings (SSSR count). The molecule has 304 valence electrons. The van der Waals surface area contributed by atoms with Gasteiger partial charge in [-0.05, 0) is 87.4 Å². The van der Waals surface area contributed by atoms with E-state index in [1.54, 1.807) is 29.6 Å². The molecule has 0 saturated carbocycles. The van der Waals surface area contributed by atoms with E-state index < -0.39 is 78.1 Å². The van der Waals surface area contributed by atoms with Gasteiger partial charge >= 0.3 is 6.18 Å². The molecule has 0 spiro atoms. The minimum Gasteiger partial charge on any atom is -0.391 e. The first-order chi connectivity index (χ1) is 25.9. The number of aryl methyl sites for hydroxylation is 1. The van der Waals surface area contributed by atoms with Gasteiger partial charge in [0.25, 0.3) is 17.6 Å². The van der Waals surface area contributed by atoms with Crippen LogP contribution in [-0.4, -0.2) is 96.3 Å². The highest BCUT2D eigenvalue weighted by atomic mass is 19.4. The average Bonchev–Trinajstić information content (AvgIpc) is 3.14. The molecule has 1 unspecified atom stereocenters. The van der Waals surface area contributed by atoms with Gasteiger partial charge in [0.15, 0.2) is 6.17 Å². The molecular weight excluding hydrogens is 727 g/mol. The summed E-state index contributed by atoms with van der Waals surface area (Å²) >= 11 is 0. The van der Waals surface area contributed by atoms with E-state index in [-0.39, 0.29) is 37.9 Å². The smallest absolute Gasteiger partial charge is 0.391 e. The fourth-order valence-corrected chi connectivity index (χ4v) is 5.22. The van der Waals surface area contributed by atoms with Crippen molar-refractivity contribution in [1.29, 1.82) is 0 Å². The molecule has 19 heteroatoms. The minimum absolute atomic E-state index is 0.0442. The number of hydrogen-bond donors (Lipinski definition) is 10. The number of carbonyl (C=O) groups is 6. The zero-order valence-electron chi connectivity index (χ0n) is 30.8. The van der Waals surface area contributed by atoms with Gasteiger partial charge in [-0.1, -0.05) is 49.7 Å². The van der Waals surface area contributed by atoms with Crippen molar-refractivity contribution in [3.8, 4) is 11.1 Å². The highest BCUT2D eigenvalue weighted by Gasteiger charge is 2.43. The van der Waals surface area contributed by atoms with Crippen molar-refractivity contribution in [2.75, 3.05) is 13.1 Å². The molecule has 14 N–H and O–H groups in total. The Morgan fingerprint density at radius 3 is 1.75 bits per heavy atom. The maximum absolute atomic E-state index is 13.3. The van der Waals surface area contributed by atoms with Gasteiger partial charge in [0.05, 0.1) is 6.10 Å². The molecule has 0 aliphatic heterocycles. The number of aliphatic hydroxyl groups is 1. The number of ketones is 1. The van der Waals surface area contributed by atoms with Crippen LogP contribution in [0.15, 0.2) is 48.5 Å². The first kappa shape index (κ1) is 46.2. The van der Waals surface area contributed by atoms with E-state index in [4.69, 9.17) is 22.9 Å². The van der Waals surface area contributed by atoms with Crippen LogP contribution in [0.5, 0.6) is 0 Å². The fourth-order valence-electron chi connectivity index (χ4n) is 5.22. The van der Waals surface area contributed by atoms with Crippen molar-refractivity contribution < 1.29 is 47.0 Å². The summed E-state index contributed by atoms with van der Waals surface area (Å²) in [5.74, 6) is -7.49. The second-order valence-electron chi connectivity index (χ2n) is 12.9. The Kier molecular flexibility index (Phi) is 18.8. The molecule has 2 aromatic rings. The van der Waals surface area contributed by atoms with E-state index in [1.807, 2.05) is 12.1 Å². The molecular formula is C36H52F3N9O7. The van der Waals surface area contributed by atoms with E-state index >= 15 is 0 Å². The number of halogens is 3. The van der Waals surface area contributed by atoms with Crippen molar-refractivity contribution in [1.82, 2.24) is 26.6 Å². The molecule has 0 aliphatic rings. The molecule has 0 aromatic heterocycles. The van der Waals surface area contributed by atoms with Crippen LogP contribution in [-0.2, 0) is 30.4 Å². The van der Waals surface area contributed by atoms with Crippen molar-refractivity contribution in [2.45, 2.75) is 102 Å². The molecule has 0 radical (unpaired) electrons. The van der Waals surface area contributed by atoms with Crippen LogP contribution in [0.4, 0.5) is 13.2 Å². The van der Waals surface area contributed by atoms with Crippen molar-refractivity contribution in [2.24, 2.45) is 22.9 Å². The molecule has 0 bridgehead atoms. The lowest BCUT2D eigenvalue weighted by atomic mass is 10.0. The topological polar surface area (TPSA) is 287 Å². The second-order valence-corrected chi connectivity index (χ2v) is 12.9. The lowest BCUT2D eigenvalue weighted by Gasteiger charge is -2.26. The van der Waals surface area contributed by atoms with Gasteiger partial charge in [0.2, 0.25) is 17.7 Å². The van der Waals surface area contributed by atoms with E-state index in [0.717, 1.165) is 37.3 Å². The quantitative estimate of drug-likeness (QED) is 0.0540. The van der Waals surface area contributed by atoms with Crippen LogP contribution in [0.3, 0.4) is 0 Å². The molecule has 5 amide bonds. The highest BCUT2D eigenvalue weighted by Crippen LogP contribution is 2.21. The summed E-state index contributed by atoms with van der Waals surface area (Å²) in [6.07, 6.45) is -7.70. The molecule has 6 atom stereocenters. The van der Waals surface area contributed by atoms with Gasteiger partial charge in [-0.3, -0.25) is 28.8 Å². The Labute approximate surface area is 317 Å². The summed E-state index contributed by atoms with van der Waals surface area (Å²) in [5, 5.41) is 21.2. The van der Waals surface area contributed by atoms with Crippen LogP contribution in [0.2, 0.25) is 0 Å². The molecule has 55 heavy (non-hydrogen) atoms. The molecule has 0 heterocycles. The van der Waals surface area contributed by atoms with Crippen molar-refractivity contribution in [3.05, 3.63) is 59.7 Å². The zero-order valence-corrected chi connectivity index (χ0v) is 30.8. The number of hydrogen-bond acceptors (Lipinski definition) is 11. The van der Waals surface area contributed by atoms with Gasteiger partial charge in [-0.25, -0.2) is 0 Å². The van der Waals surface area contributed by atoms with Gasteiger partial charge < -0.3 is 54.6 Å². The second kappa shape index (κ2) is 22.4. The number of carbonyl (C=O) groups excluding carboxylic acids is 6. The number of Topliss-reactive ketones (excluding diaryl/α,β-unsaturated/α-hetero) is 1. The van der Waals surface area contributed by atoms with Crippen LogP contribution in [0.1, 0.15) is 68.3 Å². The van der Waals surface area contributed by atoms with E-state index in [2.05, 4.69) is 40.3 Å². The number of rotatable bonds is 22. The van der Waals surface area contributed by atoms with Crippen LogP contribution in [0, 0.1) is 0 Å². The third-order valence-corrected chi connectivity index (χ3v) is 8.41. The number of nitrogens with one attached hydrogen (secondary N) is 5. The minimum atomic E-state index is -5.34. The Hall–Kier alpha value is -4.95. The number of nitrogens with two attached hydrogens (primary N) is 4. The Bertz CT molecular complexity index is 1590. The number of amides is 5. The van der Waals surface area contributed by atoms with Crippen molar-refractivity contribution in [3.63, 3.8) is 0 Å². The summed E-state index contributed by atoms with van der Waals surface area (Å²) in [7, 11) is 0. The molecule has 0 fully saturated rings. The van der Waals surface area contributed by atoms with Crippen LogP contribution < -0.4 is 49.5 Å². The molecule has 2 aromatic carbocycles. The van der Waals surface area contributed by atoms with Gasteiger partial charge in [-0.2, -0.15) is 13.2 Å². The predicted molar refractivity (Wildman–Crippen MR) is 197 cm³/mol. The van der Waals surface area contributed by atoms with Gasteiger partial charge in [0, 0.05) is 5.56 Å². The van der Waals surface area contributed by atoms with E-state index in [0.29, 0.717) is 6.42 Å². The van der Waals surface area contributed by atoms with E-state index in [1.165, 1.54) is 5.56 Å². The van der Waals surface area contributed by atoms with Gasteiger partial charge in [-0.15, -0.1) is 0 Å². The fraction of sp³-hybridized carbons (Fsp3) is 0.500. The summed E-state index contributed by atoms with van der Waals surface area (Å²) in [6.45, 7) is 3.44. The first-order valence-electron chi connectivity index (χ1n) is 17.9. The molecule has 0 aliphatic carbocycles. The van der Waals surface area contributed by atoms with Crippen molar-refractivity contribution >= 4 is 35.3 Å². The largest absolute Gasteiger partial charge is 0.453 e. The lowest BCUT2D eigenvalue weighted by Crippen LogP contribution is -2.63. The molecule has 0 saturated heterocycles. The monoisotopic (exact) mass is 779 g/mol. The van der Waals surface area contributed by atoms with Gasteiger partial charge in [0.1, 0.15) is 24.3 Å². The third kappa shape index (κ3) is 15.0. The average molecular weight is 780 g/mol. The standard InChI is InChI=1S/C36H52F3N9O7/c1-3-4-7-21-9-11-22(12-10-21)23-13-15-24(16-14-23)31(51)44-26(17-19-41)32(52)46-27(20(2)49)34(54)48-30(43)35(55)45-25(8-5-6-18-40)33(53)47-29(42)28(50)36(37,38)39/h9-16,20,25-27,29-30,49H,3-8,17-19,40-43H2,1-2H3,(H,44,51)(H,45,55)(H,46,52)(H,47,53)(H,48,54)/t20-,25?,26+,27+,29-,30-/m1/s1. The summed E-state index contributed by atoms with van der Waals surface area (Å²) in [4.78, 5) is 76.4. The van der Waals surface area contributed by atoms with Crippen LogP contribution >= 0.6 is 0 Å². The lowest BCUT2D eigenvalue weighted by molar-refractivity contribution is -0.173. The summed E-state index contributed by atoms with van der Waals surface area (Å²) < 4.78 is 38.3.